The van der Waals surface area contributed by atoms with Crippen LogP contribution in [0.4, 0.5) is 8.78 Å². The topological polar surface area (TPSA) is 29.1 Å². The summed E-state index contributed by atoms with van der Waals surface area (Å²) in [7, 11) is 0. The Morgan fingerprint density at radius 2 is 1.79 bits per heavy atom. The fraction of sp³-hybridized carbons (Fsp3) is 0.0714. The van der Waals surface area contributed by atoms with Crippen LogP contribution in [0.15, 0.2) is 46.9 Å². The van der Waals surface area contributed by atoms with Crippen molar-refractivity contribution in [2.75, 3.05) is 0 Å². The van der Waals surface area contributed by atoms with Gasteiger partial charge in [0, 0.05) is 12.1 Å². The zero-order valence-electron chi connectivity index (χ0n) is 9.79. The number of amides is 1. The predicted molar refractivity (Wildman–Crippen MR) is 71.7 cm³/mol. The lowest BCUT2D eigenvalue weighted by Gasteiger charge is -2.06. The van der Waals surface area contributed by atoms with Crippen molar-refractivity contribution >= 4 is 21.8 Å². The number of carbonyl (C=O) groups is 1. The van der Waals surface area contributed by atoms with Crippen LogP contribution >= 0.6 is 15.9 Å². The molecule has 0 heterocycles. The van der Waals surface area contributed by atoms with Gasteiger partial charge in [-0.05, 0) is 51.8 Å². The van der Waals surface area contributed by atoms with Crippen molar-refractivity contribution in [3.63, 3.8) is 0 Å². The number of hydrogen-bond acceptors (Lipinski definition) is 1. The Morgan fingerprint density at radius 1 is 1.11 bits per heavy atom. The van der Waals surface area contributed by atoms with E-state index in [1.165, 1.54) is 24.3 Å². The van der Waals surface area contributed by atoms with Crippen LogP contribution in [0.1, 0.15) is 15.9 Å². The van der Waals surface area contributed by atoms with Crippen LogP contribution in [0.25, 0.3) is 0 Å². The molecule has 0 saturated heterocycles. The molecule has 0 unspecified atom stereocenters. The van der Waals surface area contributed by atoms with Gasteiger partial charge in [-0.25, -0.2) is 8.78 Å². The summed E-state index contributed by atoms with van der Waals surface area (Å²) in [5.74, 6) is -1.20. The summed E-state index contributed by atoms with van der Waals surface area (Å²) >= 11 is 3.02. The minimum absolute atomic E-state index is 0.239. The monoisotopic (exact) mass is 325 g/mol. The van der Waals surface area contributed by atoms with Gasteiger partial charge < -0.3 is 5.32 Å². The maximum absolute atomic E-state index is 13.3. The molecule has 0 aliphatic carbocycles. The van der Waals surface area contributed by atoms with Crippen LogP contribution in [-0.2, 0) is 6.54 Å². The highest BCUT2D eigenvalue weighted by atomic mass is 79.9. The van der Waals surface area contributed by atoms with E-state index in [4.69, 9.17) is 0 Å². The van der Waals surface area contributed by atoms with Crippen LogP contribution in [-0.4, -0.2) is 5.91 Å². The standard InChI is InChI=1S/C14H10BrF2NO/c15-12-6-3-10(7-13(12)17)14(19)18-8-9-1-4-11(16)5-2-9/h1-7H,8H2,(H,18,19). The Bertz CT molecular complexity index is 599. The van der Waals surface area contributed by atoms with Gasteiger partial charge in [0.25, 0.3) is 5.91 Å². The molecule has 1 N–H and O–H groups in total. The van der Waals surface area contributed by atoms with E-state index in [-0.39, 0.29) is 23.8 Å². The van der Waals surface area contributed by atoms with Gasteiger partial charge in [0.15, 0.2) is 0 Å². The van der Waals surface area contributed by atoms with Gasteiger partial charge in [0.05, 0.1) is 4.47 Å². The highest BCUT2D eigenvalue weighted by Gasteiger charge is 2.08. The smallest absolute Gasteiger partial charge is 0.251 e. The molecule has 0 saturated carbocycles. The Morgan fingerprint density at radius 3 is 2.42 bits per heavy atom. The molecule has 0 aromatic heterocycles. The quantitative estimate of drug-likeness (QED) is 0.916. The van der Waals surface area contributed by atoms with E-state index >= 15 is 0 Å². The van der Waals surface area contributed by atoms with Crippen molar-refractivity contribution in [1.29, 1.82) is 0 Å². The lowest BCUT2D eigenvalue weighted by molar-refractivity contribution is 0.0950. The van der Waals surface area contributed by atoms with Gasteiger partial charge in [-0.1, -0.05) is 12.1 Å². The molecular weight excluding hydrogens is 316 g/mol. The molecule has 0 bridgehead atoms. The zero-order valence-corrected chi connectivity index (χ0v) is 11.4. The van der Waals surface area contributed by atoms with Gasteiger partial charge in [0.2, 0.25) is 0 Å². The third-order valence-corrected chi connectivity index (χ3v) is 3.19. The van der Waals surface area contributed by atoms with E-state index in [2.05, 4.69) is 21.2 Å². The van der Waals surface area contributed by atoms with Crippen molar-refractivity contribution in [1.82, 2.24) is 5.32 Å². The molecule has 2 rings (SSSR count). The lowest BCUT2D eigenvalue weighted by atomic mass is 10.2. The largest absolute Gasteiger partial charge is 0.348 e. The number of benzene rings is 2. The molecule has 1 amide bonds. The predicted octanol–water partition coefficient (Wildman–Crippen LogP) is 3.66. The van der Waals surface area contributed by atoms with Crippen LogP contribution in [0.5, 0.6) is 0 Å². The van der Waals surface area contributed by atoms with Crippen molar-refractivity contribution in [3.8, 4) is 0 Å². The molecule has 5 heteroatoms. The Kier molecular flexibility index (Phi) is 4.27. The number of hydrogen-bond donors (Lipinski definition) is 1. The van der Waals surface area contributed by atoms with Gasteiger partial charge >= 0.3 is 0 Å². The minimum atomic E-state index is -0.491. The number of halogens is 3. The van der Waals surface area contributed by atoms with E-state index < -0.39 is 5.82 Å². The van der Waals surface area contributed by atoms with Crippen molar-refractivity contribution in [2.24, 2.45) is 0 Å². The summed E-state index contributed by atoms with van der Waals surface area (Å²) in [5.41, 5.74) is 1.01. The SMILES string of the molecule is O=C(NCc1ccc(F)cc1)c1ccc(Br)c(F)c1. The van der Waals surface area contributed by atoms with Gasteiger partial charge in [-0.3, -0.25) is 4.79 Å². The van der Waals surface area contributed by atoms with Crippen LogP contribution in [0.3, 0.4) is 0 Å². The van der Waals surface area contributed by atoms with Crippen LogP contribution in [0.2, 0.25) is 0 Å². The van der Waals surface area contributed by atoms with Crippen LogP contribution in [0, 0.1) is 11.6 Å². The van der Waals surface area contributed by atoms with Gasteiger partial charge in [-0.15, -0.1) is 0 Å². The van der Waals surface area contributed by atoms with Crippen LogP contribution < -0.4 is 5.32 Å². The summed E-state index contributed by atoms with van der Waals surface area (Å²) in [5, 5.41) is 2.64. The first-order valence-corrected chi connectivity index (χ1v) is 6.33. The van der Waals surface area contributed by atoms with Crippen molar-refractivity contribution in [2.45, 2.75) is 6.54 Å². The second-order valence-corrected chi connectivity index (χ2v) is 4.79. The van der Waals surface area contributed by atoms with Gasteiger partial charge in [-0.2, -0.15) is 0 Å². The van der Waals surface area contributed by atoms with Gasteiger partial charge in [0.1, 0.15) is 11.6 Å². The summed E-state index contributed by atoms with van der Waals surface area (Å²) in [6.45, 7) is 0.261. The first kappa shape index (κ1) is 13.7. The van der Waals surface area contributed by atoms with E-state index in [1.807, 2.05) is 0 Å². The number of nitrogens with one attached hydrogen (secondary N) is 1. The minimum Gasteiger partial charge on any atom is -0.348 e. The fourth-order valence-corrected chi connectivity index (χ4v) is 1.77. The molecule has 0 radical (unpaired) electrons. The van der Waals surface area contributed by atoms with Crippen molar-refractivity contribution in [3.05, 3.63) is 69.7 Å². The molecular formula is C14H10BrF2NO. The molecule has 0 spiro atoms. The molecule has 0 atom stereocenters. The third kappa shape index (κ3) is 3.61. The third-order valence-electron chi connectivity index (χ3n) is 2.55. The number of rotatable bonds is 3. The molecule has 0 aliphatic heterocycles. The molecule has 0 fully saturated rings. The van der Waals surface area contributed by atoms with Crippen molar-refractivity contribution < 1.29 is 13.6 Å². The molecule has 0 aliphatic rings. The van der Waals surface area contributed by atoms with E-state index in [1.54, 1.807) is 12.1 Å². The maximum Gasteiger partial charge on any atom is 0.251 e. The molecule has 2 aromatic rings. The molecule has 19 heavy (non-hydrogen) atoms. The Hall–Kier alpha value is -1.75. The van der Waals surface area contributed by atoms with E-state index in [0.29, 0.717) is 4.47 Å². The maximum atomic E-state index is 13.3. The summed E-state index contributed by atoms with van der Waals surface area (Å²) in [4.78, 5) is 11.8. The Labute approximate surface area is 117 Å². The average Bonchev–Trinajstić information content (AvgIpc) is 2.41. The molecule has 98 valence electrons. The normalized spacial score (nSPS) is 10.3. The second-order valence-electron chi connectivity index (χ2n) is 3.94. The first-order valence-electron chi connectivity index (χ1n) is 5.54. The molecule has 2 nitrogen and oxygen atoms in total. The summed E-state index contributed by atoms with van der Waals surface area (Å²) in [6, 6.07) is 9.95. The average molecular weight is 326 g/mol. The summed E-state index contributed by atoms with van der Waals surface area (Å²) in [6.07, 6.45) is 0. The summed E-state index contributed by atoms with van der Waals surface area (Å²) < 4.78 is 26.3. The second kappa shape index (κ2) is 5.93. The highest BCUT2D eigenvalue weighted by molar-refractivity contribution is 9.10. The van der Waals surface area contributed by atoms with E-state index in [9.17, 15) is 13.6 Å². The Balaban J connectivity index is 2.01. The lowest BCUT2D eigenvalue weighted by Crippen LogP contribution is -2.22. The van der Waals surface area contributed by atoms with E-state index in [0.717, 1.165) is 11.6 Å². The zero-order chi connectivity index (χ0) is 13.8. The first-order chi connectivity index (χ1) is 9.06. The molecule has 2 aromatic carbocycles. The highest BCUT2D eigenvalue weighted by Crippen LogP contribution is 2.16. The fourth-order valence-electron chi connectivity index (χ4n) is 1.52. The number of carbonyl (C=O) groups excluding carboxylic acids is 1.